The molecule has 1 aliphatic heterocycles. The Kier molecular flexibility index (Phi) is 4.62. The average molecular weight is 318 g/mol. The summed E-state index contributed by atoms with van der Waals surface area (Å²) in [5, 5.41) is 9.49. The van der Waals surface area contributed by atoms with Gasteiger partial charge in [-0.05, 0) is 36.6 Å². The summed E-state index contributed by atoms with van der Waals surface area (Å²) >= 11 is 0. The van der Waals surface area contributed by atoms with Crippen molar-refractivity contribution in [2.45, 2.75) is 12.8 Å². The van der Waals surface area contributed by atoms with Gasteiger partial charge in [-0.2, -0.15) is 5.26 Å². The molecule has 0 aromatic heterocycles. The van der Waals surface area contributed by atoms with Crippen LogP contribution < -0.4 is 9.64 Å². The lowest BCUT2D eigenvalue weighted by atomic mass is 10.0. The van der Waals surface area contributed by atoms with Gasteiger partial charge in [0, 0.05) is 17.8 Å². The van der Waals surface area contributed by atoms with E-state index in [1.54, 1.807) is 18.1 Å². The molecule has 24 heavy (non-hydrogen) atoms. The van der Waals surface area contributed by atoms with Gasteiger partial charge in [-0.3, -0.25) is 4.79 Å². The van der Waals surface area contributed by atoms with Crippen LogP contribution in [-0.2, 0) is 11.2 Å². The van der Waals surface area contributed by atoms with E-state index in [4.69, 9.17) is 4.74 Å². The first-order valence-electron chi connectivity index (χ1n) is 7.89. The van der Waals surface area contributed by atoms with Gasteiger partial charge in [-0.25, -0.2) is 0 Å². The first-order valence-corrected chi connectivity index (χ1v) is 7.89. The normalized spacial score (nSPS) is 13.8. The highest BCUT2D eigenvalue weighted by molar-refractivity contribution is 6.11. The number of nitrogens with zero attached hydrogens (tertiary/aromatic N) is 2. The number of aryl methyl sites for hydroxylation is 1. The number of benzene rings is 2. The topological polar surface area (TPSA) is 53.3 Å². The van der Waals surface area contributed by atoms with E-state index in [9.17, 15) is 10.1 Å². The number of amides is 1. The predicted molar refractivity (Wildman–Crippen MR) is 93.7 cm³/mol. The average Bonchev–Trinajstić information content (AvgIpc) is 2.65. The summed E-state index contributed by atoms with van der Waals surface area (Å²) in [4.78, 5) is 14.6. The highest BCUT2D eigenvalue weighted by atomic mass is 16.5. The van der Waals surface area contributed by atoms with Gasteiger partial charge >= 0.3 is 0 Å². The Morgan fingerprint density at radius 1 is 1.21 bits per heavy atom. The molecule has 0 radical (unpaired) electrons. The highest BCUT2D eigenvalue weighted by Gasteiger charge is 2.25. The Bertz CT molecular complexity index is 834. The fourth-order valence-electron chi connectivity index (χ4n) is 2.97. The molecule has 4 heteroatoms. The summed E-state index contributed by atoms with van der Waals surface area (Å²) in [7, 11) is 1.57. The summed E-state index contributed by atoms with van der Waals surface area (Å²) in [5.74, 6) is 0.368. The number of hydrogen-bond acceptors (Lipinski definition) is 3. The number of nitriles is 1. The lowest BCUT2D eigenvalue weighted by molar-refractivity contribution is -0.114. The number of carbonyl (C=O) groups excluding carboxylic acids is 1. The molecule has 0 spiro atoms. The van der Waals surface area contributed by atoms with Crippen LogP contribution in [0.5, 0.6) is 5.75 Å². The second-order valence-electron chi connectivity index (χ2n) is 5.60. The van der Waals surface area contributed by atoms with E-state index in [0.29, 0.717) is 12.3 Å². The van der Waals surface area contributed by atoms with Gasteiger partial charge in [0.05, 0.1) is 7.11 Å². The van der Waals surface area contributed by atoms with Crippen molar-refractivity contribution in [2.24, 2.45) is 0 Å². The first-order chi connectivity index (χ1) is 11.7. The minimum atomic E-state index is -0.268. The zero-order valence-electron chi connectivity index (χ0n) is 13.5. The second kappa shape index (κ2) is 7.01. The third-order valence-electron chi connectivity index (χ3n) is 4.15. The molecule has 0 bridgehead atoms. The molecule has 120 valence electrons. The summed E-state index contributed by atoms with van der Waals surface area (Å²) in [5.41, 5.74) is 2.87. The van der Waals surface area contributed by atoms with E-state index in [2.05, 4.69) is 0 Å². The zero-order valence-corrected chi connectivity index (χ0v) is 13.5. The summed E-state index contributed by atoms with van der Waals surface area (Å²) in [6.45, 7) is 0.626. The van der Waals surface area contributed by atoms with Crippen molar-refractivity contribution in [1.82, 2.24) is 0 Å². The molecule has 0 aliphatic carbocycles. The van der Waals surface area contributed by atoms with Crippen LogP contribution in [0.4, 0.5) is 5.69 Å². The van der Waals surface area contributed by atoms with Crippen LogP contribution in [0, 0.1) is 11.3 Å². The zero-order chi connectivity index (χ0) is 16.9. The van der Waals surface area contributed by atoms with Crippen LogP contribution in [0.2, 0.25) is 0 Å². The molecule has 1 aliphatic rings. The third-order valence-corrected chi connectivity index (χ3v) is 4.15. The molecule has 3 rings (SSSR count). The van der Waals surface area contributed by atoms with E-state index < -0.39 is 0 Å². The molecule has 0 fully saturated rings. The van der Waals surface area contributed by atoms with Gasteiger partial charge in [0.1, 0.15) is 17.4 Å². The molecular formula is C20H18N2O2. The number of ether oxygens (including phenoxy) is 1. The molecule has 1 amide bonds. The standard InChI is InChI=1S/C20H18N2O2/c1-24-19-11-5-3-8-16(19)13-17(14-21)20(23)22-12-6-9-15-7-2-4-10-18(15)22/h2-5,7-8,10-11,13H,6,9,12H2,1H3/b17-13+. The molecule has 1 heterocycles. The van der Waals surface area contributed by atoms with Gasteiger partial charge in [-0.1, -0.05) is 36.4 Å². The minimum Gasteiger partial charge on any atom is -0.496 e. The highest BCUT2D eigenvalue weighted by Crippen LogP contribution is 2.28. The van der Waals surface area contributed by atoms with Gasteiger partial charge in [0.15, 0.2) is 0 Å². The SMILES string of the molecule is COc1ccccc1/C=C(\C#N)C(=O)N1CCCc2ccccc21. The van der Waals surface area contributed by atoms with Crippen LogP contribution >= 0.6 is 0 Å². The predicted octanol–water partition coefficient (Wildman–Crippen LogP) is 3.58. The molecule has 0 atom stereocenters. The smallest absolute Gasteiger partial charge is 0.268 e. The number of hydrogen-bond donors (Lipinski definition) is 0. The number of carbonyl (C=O) groups is 1. The first kappa shape index (κ1) is 15.8. The van der Waals surface area contributed by atoms with E-state index in [0.717, 1.165) is 29.7 Å². The van der Waals surface area contributed by atoms with Gasteiger partial charge in [0.25, 0.3) is 5.91 Å². The van der Waals surface area contributed by atoms with Gasteiger partial charge in [-0.15, -0.1) is 0 Å². The lowest BCUT2D eigenvalue weighted by Crippen LogP contribution is -2.36. The van der Waals surface area contributed by atoms with Gasteiger partial charge < -0.3 is 9.64 Å². The van der Waals surface area contributed by atoms with E-state index >= 15 is 0 Å². The number of methoxy groups -OCH3 is 1. The molecule has 2 aromatic carbocycles. The Hall–Kier alpha value is -3.06. The van der Waals surface area contributed by atoms with Gasteiger partial charge in [0.2, 0.25) is 0 Å². The molecule has 0 unspecified atom stereocenters. The molecule has 0 saturated carbocycles. The van der Waals surface area contributed by atoms with Crippen LogP contribution in [-0.4, -0.2) is 19.6 Å². The van der Waals surface area contributed by atoms with Crippen molar-refractivity contribution >= 4 is 17.7 Å². The molecular weight excluding hydrogens is 300 g/mol. The maximum atomic E-state index is 12.9. The van der Waals surface area contributed by atoms with E-state index in [1.807, 2.05) is 54.6 Å². The second-order valence-corrected chi connectivity index (χ2v) is 5.60. The molecule has 0 saturated heterocycles. The number of rotatable bonds is 3. The third kappa shape index (κ3) is 3.02. The Morgan fingerprint density at radius 2 is 1.96 bits per heavy atom. The summed E-state index contributed by atoms with van der Waals surface area (Å²) in [6.07, 6.45) is 3.45. The fraction of sp³-hybridized carbons (Fsp3) is 0.200. The molecule has 0 N–H and O–H groups in total. The Balaban J connectivity index is 1.97. The Labute approximate surface area is 141 Å². The van der Waals surface area contributed by atoms with Crippen molar-refractivity contribution in [3.8, 4) is 11.8 Å². The van der Waals surface area contributed by atoms with Crippen molar-refractivity contribution in [2.75, 3.05) is 18.6 Å². The monoisotopic (exact) mass is 318 g/mol. The maximum Gasteiger partial charge on any atom is 0.268 e. The van der Waals surface area contributed by atoms with Crippen LogP contribution in [0.25, 0.3) is 6.08 Å². The van der Waals surface area contributed by atoms with Crippen molar-refractivity contribution in [1.29, 1.82) is 5.26 Å². The number of para-hydroxylation sites is 2. The van der Waals surface area contributed by atoms with Crippen LogP contribution in [0.1, 0.15) is 17.5 Å². The fourth-order valence-corrected chi connectivity index (χ4v) is 2.97. The number of fused-ring (bicyclic) bond motifs is 1. The number of anilines is 1. The maximum absolute atomic E-state index is 12.9. The lowest BCUT2D eigenvalue weighted by Gasteiger charge is -2.29. The Morgan fingerprint density at radius 3 is 2.75 bits per heavy atom. The van der Waals surface area contributed by atoms with Crippen molar-refractivity contribution in [3.05, 3.63) is 65.2 Å². The summed E-state index contributed by atoms with van der Waals surface area (Å²) in [6, 6.07) is 17.2. The van der Waals surface area contributed by atoms with Crippen molar-refractivity contribution < 1.29 is 9.53 Å². The van der Waals surface area contributed by atoms with E-state index in [-0.39, 0.29) is 11.5 Å². The molecule has 2 aromatic rings. The minimum absolute atomic E-state index is 0.108. The largest absolute Gasteiger partial charge is 0.496 e. The van der Waals surface area contributed by atoms with Crippen LogP contribution in [0.15, 0.2) is 54.1 Å². The van der Waals surface area contributed by atoms with Crippen LogP contribution in [0.3, 0.4) is 0 Å². The van der Waals surface area contributed by atoms with E-state index in [1.165, 1.54) is 0 Å². The summed E-state index contributed by atoms with van der Waals surface area (Å²) < 4.78 is 5.29. The quantitative estimate of drug-likeness (QED) is 0.642. The molecule has 4 nitrogen and oxygen atoms in total. The van der Waals surface area contributed by atoms with Crippen molar-refractivity contribution in [3.63, 3.8) is 0 Å².